The number of fused-ring (bicyclic) bond motifs is 1. The first-order chi connectivity index (χ1) is 13.1. The lowest BCUT2D eigenvalue weighted by molar-refractivity contribution is 0.235. The fraction of sp³-hybridized carbons (Fsp3) is 0.133. The Morgan fingerprint density at radius 3 is 2.96 bits per heavy atom. The van der Waals surface area contributed by atoms with E-state index >= 15 is 0 Å². The molecule has 0 spiro atoms. The number of hydrogen-bond donors (Lipinski definition) is 6. The summed E-state index contributed by atoms with van der Waals surface area (Å²) in [6.45, 7) is 1.22. The highest BCUT2D eigenvalue weighted by Crippen LogP contribution is 2.23. The van der Waals surface area contributed by atoms with Gasteiger partial charge in [0.25, 0.3) is 0 Å². The van der Waals surface area contributed by atoms with Crippen molar-refractivity contribution in [2.75, 3.05) is 18.4 Å². The Balaban J connectivity index is 1.92. The van der Waals surface area contributed by atoms with Gasteiger partial charge in [-0.3, -0.25) is 15.8 Å². The van der Waals surface area contributed by atoms with Crippen molar-refractivity contribution in [3.05, 3.63) is 46.9 Å². The number of aromatic nitrogens is 3. The number of aromatic amines is 1. The quantitative estimate of drug-likeness (QED) is 0.115. The molecular weight excluding hydrogens is 395 g/mol. The van der Waals surface area contributed by atoms with Gasteiger partial charge < -0.3 is 10.3 Å². The van der Waals surface area contributed by atoms with Crippen molar-refractivity contribution in [2.24, 2.45) is 10.1 Å². The summed E-state index contributed by atoms with van der Waals surface area (Å²) in [5, 5.41) is 17.9. The van der Waals surface area contributed by atoms with Gasteiger partial charge in [0.2, 0.25) is 5.95 Å². The smallest absolute Gasteiger partial charge is 0.202 e. The molecule has 2 heterocycles. The van der Waals surface area contributed by atoms with Crippen molar-refractivity contribution >= 4 is 52.4 Å². The molecule has 142 valence electrons. The van der Waals surface area contributed by atoms with Crippen LogP contribution in [0.4, 0.5) is 16.0 Å². The standard InChI is InChI=1S/C15H16ClFN8OS/c16-10-7-8(1-2-11(10)17)22-13(25-26)9-3-4-19-14-12(9)23-15(24-14)20-5-6-21-27-18/h1-4,7,21,26H,5-6,18H2,(H,22,25)(H2,19,20,23,24). The zero-order chi connectivity index (χ0) is 19.2. The molecule has 9 nitrogen and oxygen atoms in total. The van der Waals surface area contributed by atoms with Gasteiger partial charge in [0, 0.05) is 37.0 Å². The van der Waals surface area contributed by atoms with E-state index in [1.165, 1.54) is 18.2 Å². The monoisotopic (exact) mass is 410 g/mol. The summed E-state index contributed by atoms with van der Waals surface area (Å²) in [6, 6.07) is 5.66. The summed E-state index contributed by atoms with van der Waals surface area (Å²) >= 11 is 6.82. The molecule has 27 heavy (non-hydrogen) atoms. The molecule has 0 radical (unpaired) electrons. The van der Waals surface area contributed by atoms with E-state index < -0.39 is 5.82 Å². The largest absolute Gasteiger partial charge is 0.354 e. The molecule has 0 amide bonds. The lowest BCUT2D eigenvalue weighted by atomic mass is 10.2. The van der Waals surface area contributed by atoms with Crippen LogP contribution in [-0.4, -0.2) is 39.1 Å². The number of nitrogens with two attached hydrogens (primary N) is 1. The Bertz CT molecular complexity index is 966. The topological polar surface area (TPSA) is 136 Å². The van der Waals surface area contributed by atoms with Gasteiger partial charge >= 0.3 is 0 Å². The van der Waals surface area contributed by atoms with Crippen molar-refractivity contribution in [2.45, 2.75) is 0 Å². The number of hydrogen-bond acceptors (Lipinski definition) is 8. The van der Waals surface area contributed by atoms with Crippen LogP contribution >= 0.6 is 23.7 Å². The van der Waals surface area contributed by atoms with Gasteiger partial charge in [-0.2, -0.15) is 4.98 Å². The van der Waals surface area contributed by atoms with Crippen LogP contribution in [0.2, 0.25) is 5.02 Å². The molecule has 7 N–H and O–H groups in total. The van der Waals surface area contributed by atoms with Crippen molar-refractivity contribution in [3.63, 3.8) is 0 Å². The number of anilines is 1. The van der Waals surface area contributed by atoms with Gasteiger partial charge in [-0.15, -0.1) is 0 Å². The molecule has 1 aromatic carbocycles. The van der Waals surface area contributed by atoms with Crippen LogP contribution < -0.4 is 20.7 Å². The lowest BCUT2D eigenvalue weighted by Crippen LogP contribution is -2.20. The molecule has 3 rings (SSSR count). The zero-order valence-electron chi connectivity index (χ0n) is 13.8. The van der Waals surface area contributed by atoms with Crippen molar-refractivity contribution < 1.29 is 9.60 Å². The minimum Gasteiger partial charge on any atom is -0.354 e. The van der Waals surface area contributed by atoms with E-state index in [2.05, 4.69) is 35.5 Å². The van der Waals surface area contributed by atoms with E-state index in [4.69, 9.17) is 16.7 Å². The van der Waals surface area contributed by atoms with Gasteiger partial charge in [0.15, 0.2) is 11.5 Å². The molecule has 3 aromatic rings. The number of imidazole rings is 1. The van der Waals surface area contributed by atoms with Crippen molar-refractivity contribution in [1.82, 2.24) is 25.2 Å². The second-order valence-corrected chi connectivity index (χ2v) is 6.18. The van der Waals surface area contributed by atoms with E-state index in [0.29, 0.717) is 41.5 Å². The maximum Gasteiger partial charge on any atom is 0.202 e. The Morgan fingerprint density at radius 1 is 1.37 bits per heavy atom. The number of nitrogens with one attached hydrogen (secondary N) is 4. The average Bonchev–Trinajstić information content (AvgIpc) is 3.09. The molecule has 12 heteroatoms. The normalized spacial score (nSPS) is 11.8. The third-order valence-electron chi connectivity index (χ3n) is 3.50. The first kappa shape index (κ1) is 19.3. The SMILES string of the molecule is NSNCCNc1nc2nccc(C(=Nc3ccc(F)c(Cl)c3)NO)c2[nH]1. The van der Waals surface area contributed by atoms with Crippen LogP contribution in [0.25, 0.3) is 11.2 Å². The molecule has 0 saturated heterocycles. The molecule has 0 saturated carbocycles. The molecule has 0 fully saturated rings. The maximum atomic E-state index is 13.3. The van der Waals surface area contributed by atoms with Gasteiger partial charge in [-0.05, 0) is 24.3 Å². The fourth-order valence-electron chi connectivity index (χ4n) is 2.31. The summed E-state index contributed by atoms with van der Waals surface area (Å²) in [5.74, 6) is 0.0876. The molecular formula is C15H16ClFN8OS. The van der Waals surface area contributed by atoms with Gasteiger partial charge in [0.1, 0.15) is 5.82 Å². The summed E-state index contributed by atoms with van der Waals surface area (Å²) in [5.41, 5.74) is 3.95. The molecule has 2 aromatic heterocycles. The Morgan fingerprint density at radius 2 is 2.22 bits per heavy atom. The Kier molecular flexibility index (Phi) is 6.42. The number of nitrogens with zero attached hydrogens (tertiary/aromatic N) is 3. The van der Waals surface area contributed by atoms with Gasteiger partial charge in [-0.1, -0.05) is 11.6 Å². The van der Waals surface area contributed by atoms with E-state index in [9.17, 15) is 9.60 Å². The van der Waals surface area contributed by atoms with E-state index in [1.54, 1.807) is 12.3 Å². The average molecular weight is 411 g/mol. The second kappa shape index (κ2) is 8.97. The number of rotatable bonds is 7. The molecule has 0 unspecified atom stereocenters. The lowest BCUT2D eigenvalue weighted by Gasteiger charge is -2.06. The molecule has 0 aliphatic heterocycles. The minimum absolute atomic E-state index is 0.0642. The van der Waals surface area contributed by atoms with Crippen LogP contribution in [0.15, 0.2) is 35.5 Å². The van der Waals surface area contributed by atoms with Crippen LogP contribution in [0.1, 0.15) is 5.56 Å². The zero-order valence-corrected chi connectivity index (χ0v) is 15.4. The Labute approximate surface area is 162 Å². The summed E-state index contributed by atoms with van der Waals surface area (Å²) in [7, 11) is 0. The predicted molar refractivity (Wildman–Crippen MR) is 105 cm³/mol. The highest BCUT2D eigenvalue weighted by molar-refractivity contribution is 7.95. The highest BCUT2D eigenvalue weighted by Gasteiger charge is 2.13. The number of benzene rings is 1. The highest BCUT2D eigenvalue weighted by atomic mass is 35.5. The number of H-pyrrole nitrogens is 1. The predicted octanol–water partition coefficient (Wildman–Crippen LogP) is 2.33. The van der Waals surface area contributed by atoms with Crippen molar-refractivity contribution in [1.29, 1.82) is 0 Å². The number of pyridine rings is 1. The van der Waals surface area contributed by atoms with E-state index in [0.717, 1.165) is 12.1 Å². The van der Waals surface area contributed by atoms with Gasteiger partial charge in [-0.25, -0.2) is 19.1 Å². The maximum absolute atomic E-state index is 13.3. The van der Waals surface area contributed by atoms with Crippen LogP contribution in [0.5, 0.6) is 0 Å². The summed E-state index contributed by atoms with van der Waals surface area (Å²) in [6.07, 6.45) is 1.54. The van der Waals surface area contributed by atoms with E-state index in [1.807, 2.05) is 0 Å². The number of hydroxylamine groups is 1. The van der Waals surface area contributed by atoms with Crippen LogP contribution in [0.3, 0.4) is 0 Å². The van der Waals surface area contributed by atoms with Crippen molar-refractivity contribution in [3.8, 4) is 0 Å². The molecule has 0 aliphatic rings. The van der Waals surface area contributed by atoms with Crippen LogP contribution in [0, 0.1) is 5.82 Å². The van der Waals surface area contributed by atoms with Crippen LogP contribution in [-0.2, 0) is 0 Å². The Hall–Kier alpha value is -2.44. The summed E-state index contributed by atoms with van der Waals surface area (Å²) < 4.78 is 16.2. The van der Waals surface area contributed by atoms with Gasteiger partial charge in [0.05, 0.1) is 16.2 Å². The number of amidine groups is 1. The van der Waals surface area contributed by atoms with E-state index in [-0.39, 0.29) is 10.9 Å². The third-order valence-corrected chi connectivity index (χ3v) is 4.16. The molecule has 0 bridgehead atoms. The number of aliphatic imine (C=N–C) groups is 1. The molecule has 0 atom stereocenters. The molecule has 0 aliphatic carbocycles. The first-order valence-corrected chi connectivity index (χ1v) is 8.99. The fourth-order valence-corrected chi connectivity index (χ4v) is 2.71. The summed E-state index contributed by atoms with van der Waals surface area (Å²) in [4.78, 5) is 15.9. The first-order valence-electron chi connectivity index (χ1n) is 7.73. The third kappa shape index (κ3) is 4.64. The second-order valence-electron chi connectivity index (χ2n) is 5.25. The number of halogens is 2. The minimum atomic E-state index is -0.549.